The summed E-state index contributed by atoms with van der Waals surface area (Å²) in [6.45, 7) is -3.02. The lowest BCUT2D eigenvalue weighted by atomic mass is 9.93. The number of rotatable bonds is 6. The highest BCUT2D eigenvalue weighted by atomic mass is 79.9. The zero-order chi connectivity index (χ0) is 30.0. The summed E-state index contributed by atoms with van der Waals surface area (Å²) < 4.78 is 123. The van der Waals surface area contributed by atoms with Crippen molar-refractivity contribution in [2.45, 2.75) is 37.5 Å². The van der Waals surface area contributed by atoms with Gasteiger partial charge in [-0.3, -0.25) is 14.4 Å². The van der Waals surface area contributed by atoms with Crippen molar-refractivity contribution in [2.75, 3.05) is 23.7 Å². The number of ether oxygens (including phenoxy) is 1. The van der Waals surface area contributed by atoms with Crippen LogP contribution in [0.5, 0.6) is 5.75 Å². The van der Waals surface area contributed by atoms with Gasteiger partial charge in [0.15, 0.2) is 5.75 Å². The average molecular weight is 650 g/mol. The summed E-state index contributed by atoms with van der Waals surface area (Å²) in [4.78, 5) is 38.5. The molecule has 1 fully saturated rings. The van der Waals surface area contributed by atoms with Gasteiger partial charge in [-0.15, -0.1) is 0 Å². The molecule has 0 atom stereocenters. The van der Waals surface area contributed by atoms with E-state index in [0.717, 1.165) is 25.0 Å². The van der Waals surface area contributed by atoms with Gasteiger partial charge in [-0.25, -0.2) is 4.39 Å². The van der Waals surface area contributed by atoms with Crippen LogP contribution in [0.4, 0.5) is 50.9 Å². The first kappa shape index (κ1) is 31.0. The van der Waals surface area contributed by atoms with Crippen LogP contribution in [-0.4, -0.2) is 54.7 Å². The Hall–Kier alpha value is -3.50. The van der Waals surface area contributed by atoms with Gasteiger partial charge in [0.05, 0.1) is 5.69 Å². The van der Waals surface area contributed by atoms with Crippen LogP contribution in [-0.2, 0) is 15.3 Å². The van der Waals surface area contributed by atoms with Crippen LogP contribution >= 0.6 is 15.9 Å². The molecule has 17 heteroatoms. The fraction of sp³-hybridized carbons (Fsp3) is 0.348. The summed E-state index contributed by atoms with van der Waals surface area (Å²) in [7, 11) is 0. The second-order valence-electron chi connectivity index (χ2n) is 8.35. The summed E-state index contributed by atoms with van der Waals surface area (Å²) >= 11 is 2.57. The maximum Gasteiger partial charge on any atom is 0.435 e. The van der Waals surface area contributed by atoms with Gasteiger partial charge >= 0.3 is 36.4 Å². The lowest BCUT2D eigenvalue weighted by molar-refractivity contribution is -0.348. The van der Waals surface area contributed by atoms with Crippen molar-refractivity contribution in [1.82, 2.24) is 4.90 Å². The molecule has 1 aliphatic rings. The second-order valence-corrected chi connectivity index (χ2v) is 9.21. The number of alkyl halides is 9. The number of hydrogen-bond acceptors (Lipinski definition) is 4. The molecule has 0 radical (unpaired) electrons. The third-order valence-electron chi connectivity index (χ3n) is 5.66. The maximum atomic E-state index is 14.5. The molecule has 0 unspecified atom stereocenters. The van der Waals surface area contributed by atoms with Crippen molar-refractivity contribution in [3.63, 3.8) is 0 Å². The van der Waals surface area contributed by atoms with Gasteiger partial charge in [0.1, 0.15) is 0 Å². The van der Waals surface area contributed by atoms with Crippen molar-refractivity contribution < 1.29 is 58.6 Å². The number of carbonyl (C=O) groups excluding carboxylic acids is 3. The van der Waals surface area contributed by atoms with Crippen LogP contribution in [0.2, 0.25) is 0 Å². The normalized spacial score (nSPS) is 14.3. The Morgan fingerprint density at radius 3 is 2.05 bits per heavy atom. The lowest BCUT2D eigenvalue weighted by Crippen LogP contribution is -2.50. The predicted octanol–water partition coefficient (Wildman–Crippen LogP) is 6.15. The van der Waals surface area contributed by atoms with E-state index in [0.29, 0.717) is 13.1 Å². The van der Waals surface area contributed by atoms with Crippen LogP contribution in [0.15, 0.2) is 40.9 Å². The summed E-state index contributed by atoms with van der Waals surface area (Å²) in [5.41, 5.74) is -9.28. The Kier molecular flexibility index (Phi) is 8.96. The van der Waals surface area contributed by atoms with E-state index in [-0.39, 0.29) is 23.4 Å². The van der Waals surface area contributed by atoms with Crippen molar-refractivity contribution >= 4 is 45.0 Å². The van der Waals surface area contributed by atoms with Crippen LogP contribution in [0, 0.1) is 0 Å². The Bertz CT molecular complexity index is 1280. The van der Waals surface area contributed by atoms with Gasteiger partial charge in [-0.2, -0.15) is 35.1 Å². The molecule has 0 aromatic heterocycles. The number of halogens is 10. The van der Waals surface area contributed by atoms with Crippen LogP contribution < -0.4 is 15.4 Å². The summed E-state index contributed by atoms with van der Waals surface area (Å²) in [5.74, 6) is -4.38. The minimum absolute atomic E-state index is 0.00946. The Morgan fingerprint density at radius 2 is 1.50 bits per heavy atom. The minimum atomic E-state index is -6.54. The highest BCUT2D eigenvalue weighted by Gasteiger charge is 2.73. The molecule has 218 valence electrons. The van der Waals surface area contributed by atoms with E-state index in [1.54, 1.807) is 0 Å². The summed E-state index contributed by atoms with van der Waals surface area (Å²) in [6, 6.07) is 4.52. The first-order valence-corrected chi connectivity index (χ1v) is 11.9. The van der Waals surface area contributed by atoms with E-state index in [2.05, 4.69) is 26.0 Å². The molecule has 1 saturated heterocycles. The van der Waals surface area contributed by atoms with Crippen molar-refractivity contribution in [1.29, 1.82) is 0 Å². The number of nitrogens with zero attached hydrogens (tertiary/aromatic N) is 1. The van der Waals surface area contributed by atoms with Gasteiger partial charge in [0, 0.05) is 34.4 Å². The first-order chi connectivity index (χ1) is 18.5. The van der Waals surface area contributed by atoms with E-state index >= 15 is 0 Å². The molecule has 0 aliphatic carbocycles. The van der Waals surface area contributed by atoms with E-state index in [1.165, 1.54) is 17.0 Å². The fourth-order valence-corrected chi connectivity index (χ4v) is 4.29. The molecule has 1 heterocycles. The third kappa shape index (κ3) is 6.45. The average Bonchev–Trinajstić information content (AvgIpc) is 3.38. The molecule has 0 bridgehead atoms. The van der Waals surface area contributed by atoms with Crippen molar-refractivity contribution in [3.05, 3.63) is 52.0 Å². The quantitative estimate of drug-likeness (QED) is 0.290. The smallest absolute Gasteiger partial charge is 0.433 e. The van der Waals surface area contributed by atoms with Gasteiger partial charge in [0.25, 0.3) is 5.91 Å². The Balaban J connectivity index is 1.92. The monoisotopic (exact) mass is 649 g/mol. The molecule has 40 heavy (non-hydrogen) atoms. The van der Waals surface area contributed by atoms with Crippen molar-refractivity contribution in [2.24, 2.45) is 0 Å². The Morgan fingerprint density at radius 1 is 0.900 bits per heavy atom. The number of hydrogen-bond donors (Lipinski definition) is 2. The Labute approximate surface area is 227 Å². The number of likely N-dealkylation sites (tertiary alicyclic amines) is 1. The van der Waals surface area contributed by atoms with E-state index in [1.807, 2.05) is 5.32 Å². The molecule has 0 saturated carbocycles. The van der Waals surface area contributed by atoms with E-state index in [4.69, 9.17) is 0 Å². The molecular weight excluding hydrogens is 633 g/mol. The molecule has 2 aromatic rings. The number of anilines is 2. The largest absolute Gasteiger partial charge is 0.435 e. The fourth-order valence-electron chi connectivity index (χ4n) is 3.75. The topological polar surface area (TPSA) is 87.7 Å². The van der Waals surface area contributed by atoms with Crippen LogP contribution in [0.25, 0.3) is 0 Å². The van der Waals surface area contributed by atoms with Gasteiger partial charge < -0.3 is 20.3 Å². The maximum absolute atomic E-state index is 14.5. The zero-order valence-electron chi connectivity index (χ0n) is 19.7. The zero-order valence-corrected chi connectivity index (χ0v) is 21.3. The standard InChI is InChI=1S/C23H17BrF9N3O4/c24-14-9-12(21(27,22(28,29)30)23(31,32)33)10-15(40-20(25)26)16(14)35-17(37)11-4-3-5-13(8-11)34-18(38)19(39)36-6-1-2-7-36/h3-5,8-10,20H,1-2,6-7H2,(H,34,38)(H,35,37). The van der Waals surface area contributed by atoms with Crippen LogP contribution in [0.1, 0.15) is 28.8 Å². The summed E-state index contributed by atoms with van der Waals surface area (Å²) in [6.07, 6.45) is -11.6. The molecule has 3 amide bonds. The van der Waals surface area contributed by atoms with Crippen LogP contribution in [0.3, 0.4) is 0 Å². The molecule has 2 aromatic carbocycles. The number of benzene rings is 2. The molecule has 0 spiro atoms. The highest BCUT2D eigenvalue weighted by Crippen LogP contribution is 2.55. The van der Waals surface area contributed by atoms with Gasteiger partial charge in [-0.1, -0.05) is 6.07 Å². The second kappa shape index (κ2) is 11.5. The summed E-state index contributed by atoms with van der Waals surface area (Å²) in [5, 5.41) is 4.27. The van der Waals surface area contributed by atoms with Gasteiger partial charge in [0.2, 0.25) is 0 Å². The molecular formula is C23H17BrF9N3O4. The van der Waals surface area contributed by atoms with Crippen molar-refractivity contribution in [3.8, 4) is 5.75 Å². The highest BCUT2D eigenvalue weighted by molar-refractivity contribution is 9.10. The third-order valence-corrected chi connectivity index (χ3v) is 6.28. The first-order valence-electron chi connectivity index (χ1n) is 11.1. The molecule has 2 N–H and O–H groups in total. The number of nitrogens with one attached hydrogen (secondary N) is 2. The molecule has 1 aliphatic heterocycles. The molecule has 3 rings (SSSR count). The predicted molar refractivity (Wildman–Crippen MR) is 125 cm³/mol. The number of carbonyl (C=O) groups is 3. The number of amides is 3. The lowest BCUT2D eigenvalue weighted by Gasteiger charge is -2.31. The molecule has 7 nitrogen and oxygen atoms in total. The van der Waals surface area contributed by atoms with E-state index < -0.39 is 63.8 Å². The SMILES string of the molecule is O=C(Nc1cccc(C(=O)Nc2c(Br)cc(C(F)(C(F)(F)F)C(F)(F)F)cc2OC(F)F)c1)C(=O)N1CCCC1. The van der Waals surface area contributed by atoms with E-state index in [9.17, 15) is 53.9 Å². The van der Waals surface area contributed by atoms with Gasteiger partial charge in [-0.05, 0) is 59.1 Å². The minimum Gasteiger partial charge on any atom is -0.433 e.